The molecule has 0 aliphatic carbocycles. The number of hydrogen-bond donors (Lipinski definition) is 1. The largest absolute Gasteiger partial charge is 0.369 e. The predicted molar refractivity (Wildman–Crippen MR) is 83.6 cm³/mol. The maximum absolute atomic E-state index is 6.24. The van der Waals surface area contributed by atoms with E-state index in [0.29, 0.717) is 12.0 Å². The molecule has 2 unspecified atom stereocenters. The maximum Gasteiger partial charge on any atom is 0.0677 e. The lowest BCUT2D eigenvalue weighted by atomic mass is 9.80. The Morgan fingerprint density at radius 3 is 2.21 bits per heavy atom. The standard InChI is InChI=1S/C17H35NO/c1-7-8-9-10-11-12-15(18-6)14-13-16(2,3)19-17(14,4)5/h14-15,18H,7-13H2,1-6H3. The molecule has 1 aliphatic rings. The van der Waals surface area contributed by atoms with Crippen LogP contribution < -0.4 is 5.32 Å². The lowest BCUT2D eigenvalue weighted by molar-refractivity contribution is -0.0777. The van der Waals surface area contributed by atoms with Gasteiger partial charge in [0.2, 0.25) is 0 Å². The van der Waals surface area contributed by atoms with Gasteiger partial charge in [-0.2, -0.15) is 0 Å². The van der Waals surface area contributed by atoms with Crippen LogP contribution in [0.3, 0.4) is 0 Å². The van der Waals surface area contributed by atoms with Crippen molar-refractivity contribution in [2.45, 2.75) is 96.8 Å². The molecule has 0 amide bonds. The van der Waals surface area contributed by atoms with Crippen molar-refractivity contribution < 1.29 is 4.74 Å². The monoisotopic (exact) mass is 269 g/mol. The highest BCUT2D eigenvalue weighted by atomic mass is 16.5. The van der Waals surface area contributed by atoms with E-state index in [-0.39, 0.29) is 11.2 Å². The zero-order valence-electron chi connectivity index (χ0n) is 14.0. The van der Waals surface area contributed by atoms with Crippen LogP contribution in [0.5, 0.6) is 0 Å². The fourth-order valence-electron chi connectivity index (χ4n) is 3.75. The molecule has 0 saturated carbocycles. The topological polar surface area (TPSA) is 21.3 Å². The smallest absolute Gasteiger partial charge is 0.0677 e. The normalized spacial score (nSPS) is 26.5. The molecule has 0 aromatic heterocycles. The Hall–Kier alpha value is -0.0800. The summed E-state index contributed by atoms with van der Waals surface area (Å²) in [6, 6.07) is 0.596. The van der Waals surface area contributed by atoms with Crippen LogP contribution in [0.15, 0.2) is 0 Å². The summed E-state index contributed by atoms with van der Waals surface area (Å²) in [7, 11) is 2.11. The van der Waals surface area contributed by atoms with E-state index < -0.39 is 0 Å². The van der Waals surface area contributed by atoms with E-state index in [1.807, 2.05) is 0 Å². The van der Waals surface area contributed by atoms with E-state index in [1.54, 1.807) is 0 Å². The van der Waals surface area contributed by atoms with E-state index in [0.717, 1.165) is 0 Å². The zero-order chi connectivity index (χ0) is 14.5. The van der Waals surface area contributed by atoms with Crippen LogP contribution in [0.2, 0.25) is 0 Å². The molecule has 19 heavy (non-hydrogen) atoms. The Bertz CT molecular complexity index is 260. The van der Waals surface area contributed by atoms with Gasteiger partial charge in [-0.25, -0.2) is 0 Å². The van der Waals surface area contributed by atoms with Gasteiger partial charge in [-0.15, -0.1) is 0 Å². The third-order valence-electron chi connectivity index (χ3n) is 4.62. The van der Waals surface area contributed by atoms with Crippen LogP contribution in [-0.2, 0) is 4.74 Å². The van der Waals surface area contributed by atoms with Crippen LogP contribution in [0.1, 0.15) is 79.6 Å². The molecule has 0 spiro atoms. The van der Waals surface area contributed by atoms with Crippen molar-refractivity contribution in [1.29, 1.82) is 0 Å². The van der Waals surface area contributed by atoms with Crippen LogP contribution in [0.25, 0.3) is 0 Å². The first-order valence-electron chi connectivity index (χ1n) is 8.20. The van der Waals surface area contributed by atoms with E-state index in [4.69, 9.17) is 4.74 Å². The average Bonchev–Trinajstić information content (AvgIpc) is 2.52. The lowest BCUT2D eigenvalue weighted by Crippen LogP contribution is -2.42. The molecule has 0 aromatic rings. The summed E-state index contributed by atoms with van der Waals surface area (Å²) in [6.45, 7) is 11.2. The third-order valence-corrected chi connectivity index (χ3v) is 4.62. The van der Waals surface area contributed by atoms with Crippen molar-refractivity contribution in [3.05, 3.63) is 0 Å². The summed E-state index contributed by atoms with van der Waals surface area (Å²) in [4.78, 5) is 0. The number of unbranched alkanes of at least 4 members (excludes halogenated alkanes) is 4. The van der Waals surface area contributed by atoms with Gasteiger partial charge in [-0.05, 0) is 47.6 Å². The fourth-order valence-corrected chi connectivity index (χ4v) is 3.75. The predicted octanol–water partition coefficient (Wildman–Crippen LogP) is 4.53. The summed E-state index contributed by atoms with van der Waals surface area (Å²) in [5.74, 6) is 0.624. The third kappa shape index (κ3) is 5.07. The highest BCUT2D eigenvalue weighted by Crippen LogP contribution is 2.44. The summed E-state index contributed by atoms with van der Waals surface area (Å²) in [5.41, 5.74) is 0.0338. The van der Waals surface area contributed by atoms with E-state index in [9.17, 15) is 0 Å². The minimum absolute atomic E-state index is 0.000590. The van der Waals surface area contributed by atoms with Gasteiger partial charge in [0.1, 0.15) is 0 Å². The number of rotatable bonds is 8. The van der Waals surface area contributed by atoms with Gasteiger partial charge in [0.05, 0.1) is 11.2 Å². The van der Waals surface area contributed by atoms with Gasteiger partial charge in [0.25, 0.3) is 0 Å². The molecular weight excluding hydrogens is 234 g/mol. The summed E-state index contributed by atoms with van der Waals surface area (Å²) in [6.07, 6.45) is 9.28. The Morgan fingerprint density at radius 2 is 1.74 bits per heavy atom. The van der Waals surface area contributed by atoms with Crippen molar-refractivity contribution in [2.24, 2.45) is 5.92 Å². The molecular formula is C17H35NO. The van der Waals surface area contributed by atoms with Gasteiger partial charge in [0.15, 0.2) is 0 Å². The Labute approximate surface area is 120 Å². The van der Waals surface area contributed by atoms with Gasteiger partial charge >= 0.3 is 0 Å². The second-order valence-electron chi connectivity index (χ2n) is 7.37. The quantitative estimate of drug-likeness (QED) is 0.654. The minimum Gasteiger partial charge on any atom is -0.369 e. The Morgan fingerprint density at radius 1 is 1.11 bits per heavy atom. The second kappa shape index (κ2) is 7.08. The van der Waals surface area contributed by atoms with Crippen molar-refractivity contribution in [2.75, 3.05) is 7.05 Å². The highest BCUT2D eigenvalue weighted by molar-refractivity contribution is 4.99. The van der Waals surface area contributed by atoms with E-state index >= 15 is 0 Å². The maximum atomic E-state index is 6.24. The minimum atomic E-state index is 0.000590. The van der Waals surface area contributed by atoms with Gasteiger partial charge in [-0.3, -0.25) is 0 Å². The molecule has 2 heteroatoms. The number of ether oxygens (including phenoxy) is 1. The van der Waals surface area contributed by atoms with Crippen LogP contribution >= 0.6 is 0 Å². The molecule has 114 valence electrons. The lowest BCUT2D eigenvalue weighted by Gasteiger charge is -2.33. The molecule has 1 fully saturated rings. The SMILES string of the molecule is CCCCCCCC(NC)C1CC(C)(C)OC1(C)C. The van der Waals surface area contributed by atoms with Crippen molar-refractivity contribution in [1.82, 2.24) is 5.32 Å². The summed E-state index contributed by atoms with van der Waals surface area (Å²) >= 11 is 0. The molecule has 0 aromatic carbocycles. The Kier molecular flexibility index (Phi) is 6.32. The van der Waals surface area contributed by atoms with Gasteiger partial charge in [0, 0.05) is 12.0 Å². The molecule has 0 bridgehead atoms. The first-order chi connectivity index (χ1) is 8.82. The summed E-state index contributed by atoms with van der Waals surface area (Å²) < 4.78 is 6.24. The summed E-state index contributed by atoms with van der Waals surface area (Å²) in [5, 5.41) is 3.55. The molecule has 2 nitrogen and oxygen atoms in total. The number of hydrogen-bond acceptors (Lipinski definition) is 2. The molecule has 1 aliphatic heterocycles. The van der Waals surface area contributed by atoms with Crippen molar-refractivity contribution >= 4 is 0 Å². The van der Waals surface area contributed by atoms with Gasteiger partial charge in [-0.1, -0.05) is 39.0 Å². The van der Waals surface area contributed by atoms with Crippen molar-refractivity contribution in [3.8, 4) is 0 Å². The molecule has 1 rings (SSSR count). The van der Waals surface area contributed by atoms with Gasteiger partial charge < -0.3 is 10.1 Å². The Balaban J connectivity index is 2.46. The molecule has 1 heterocycles. The zero-order valence-corrected chi connectivity index (χ0v) is 14.0. The molecule has 1 saturated heterocycles. The number of nitrogens with one attached hydrogen (secondary N) is 1. The van der Waals surface area contributed by atoms with Crippen LogP contribution in [-0.4, -0.2) is 24.3 Å². The highest BCUT2D eigenvalue weighted by Gasteiger charge is 2.48. The van der Waals surface area contributed by atoms with Crippen LogP contribution in [0.4, 0.5) is 0 Å². The van der Waals surface area contributed by atoms with Crippen LogP contribution in [0, 0.1) is 5.92 Å². The van der Waals surface area contributed by atoms with Crippen molar-refractivity contribution in [3.63, 3.8) is 0 Å². The van der Waals surface area contributed by atoms with E-state index in [1.165, 1.54) is 44.9 Å². The fraction of sp³-hybridized carbons (Fsp3) is 1.00. The van der Waals surface area contributed by atoms with E-state index in [2.05, 4.69) is 47.0 Å². The molecule has 0 radical (unpaired) electrons. The first kappa shape index (κ1) is 17.0. The molecule has 2 atom stereocenters. The first-order valence-corrected chi connectivity index (χ1v) is 8.20. The second-order valence-corrected chi connectivity index (χ2v) is 7.37. The average molecular weight is 269 g/mol. The molecule has 1 N–H and O–H groups in total.